The Bertz CT molecular complexity index is 1770. The summed E-state index contributed by atoms with van der Waals surface area (Å²) in [5.74, 6) is -0.554. The molecule has 0 heterocycles. The van der Waals surface area contributed by atoms with Gasteiger partial charge in [0.25, 0.3) is 0 Å². The number of hydrogen-bond acceptors (Lipinski definition) is 15. The molecule has 3 N–H and O–H groups in total. The maximum absolute atomic E-state index is 13.0. The molecule has 0 fully saturated rings. The van der Waals surface area contributed by atoms with Gasteiger partial charge in [0.05, 0.1) is 26.4 Å². The molecule has 0 spiro atoms. The molecule has 5 atom stereocenters. The van der Waals surface area contributed by atoms with Crippen molar-refractivity contribution in [3.63, 3.8) is 0 Å². The summed E-state index contributed by atoms with van der Waals surface area (Å²) in [6.07, 6.45) is 49.9. The highest BCUT2D eigenvalue weighted by atomic mass is 31.2. The maximum Gasteiger partial charge on any atom is 0.472 e. The average Bonchev–Trinajstić information content (AvgIpc) is 3.71. The van der Waals surface area contributed by atoms with Crippen molar-refractivity contribution in [2.75, 3.05) is 39.6 Å². The Morgan fingerprint density at radius 2 is 0.505 bits per heavy atom. The molecule has 0 bridgehead atoms. The lowest BCUT2D eigenvalue weighted by atomic mass is 10.0. The van der Waals surface area contributed by atoms with Crippen LogP contribution in [0, 0.1) is 11.8 Å². The highest BCUT2D eigenvalue weighted by Gasteiger charge is 2.30. The van der Waals surface area contributed by atoms with Crippen LogP contribution >= 0.6 is 15.6 Å². The van der Waals surface area contributed by atoms with Gasteiger partial charge >= 0.3 is 39.5 Å². The van der Waals surface area contributed by atoms with E-state index in [0.717, 1.165) is 108 Å². The normalized spacial score (nSPS) is 14.1. The minimum absolute atomic E-state index is 0.107. The molecule has 0 aromatic carbocycles. The van der Waals surface area contributed by atoms with Gasteiger partial charge in [-0.2, -0.15) is 0 Å². The quantitative estimate of drug-likeness (QED) is 0.0222. The SMILES string of the molecule is CCCCCCCCCCCCCCC(=O)O[C@H](COC(=O)CCCCCCCCCC)COP(=O)(O)OC[C@H](O)COP(=O)(O)OC[C@@H](COC(=O)CCCCCCCCCCCCCCC(C)C)OC(=O)CCCCCCCCCCCCCCCC(C)C. The lowest BCUT2D eigenvalue weighted by molar-refractivity contribution is -0.161. The Morgan fingerprint density at radius 3 is 0.747 bits per heavy atom. The molecule has 540 valence electrons. The van der Waals surface area contributed by atoms with Crippen molar-refractivity contribution in [2.45, 2.75) is 387 Å². The molecule has 0 radical (unpaired) electrons. The van der Waals surface area contributed by atoms with Gasteiger partial charge in [-0.25, -0.2) is 9.13 Å². The first-order valence-electron chi connectivity index (χ1n) is 37.5. The summed E-state index contributed by atoms with van der Waals surface area (Å²) in [5.41, 5.74) is 0. The Balaban J connectivity index is 5.22. The number of rotatable bonds is 71. The second-order valence-corrected chi connectivity index (χ2v) is 29.8. The molecule has 0 saturated heterocycles. The molecule has 0 rings (SSSR count). The van der Waals surface area contributed by atoms with Crippen molar-refractivity contribution >= 4 is 39.5 Å². The van der Waals surface area contributed by atoms with Crippen molar-refractivity contribution in [3.8, 4) is 0 Å². The number of carbonyl (C=O) groups is 4. The number of aliphatic hydroxyl groups is 1. The van der Waals surface area contributed by atoms with Crippen LogP contribution in [-0.2, 0) is 65.4 Å². The third kappa shape index (κ3) is 66.5. The van der Waals surface area contributed by atoms with E-state index < -0.39 is 97.5 Å². The minimum Gasteiger partial charge on any atom is -0.462 e. The summed E-state index contributed by atoms with van der Waals surface area (Å²) < 4.78 is 68.3. The number of hydrogen-bond donors (Lipinski definition) is 3. The van der Waals surface area contributed by atoms with Gasteiger partial charge in [0.15, 0.2) is 12.2 Å². The first kappa shape index (κ1) is 89.1. The Hall–Kier alpha value is -1.94. The molecule has 0 saturated carbocycles. The zero-order valence-electron chi connectivity index (χ0n) is 59.1. The molecule has 0 aliphatic rings. The molecule has 0 aromatic rings. The Kier molecular flexibility index (Phi) is 62.7. The van der Waals surface area contributed by atoms with Crippen molar-refractivity contribution in [1.29, 1.82) is 0 Å². The molecule has 0 aromatic heterocycles. The smallest absolute Gasteiger partial charge is 0.462 e. The van der Waals surface area contributed by atoms with Gasteiger partial charge in [-0.3, -0.25) is 37.3 Å². The second-order valence-electron chi connectivity index (χ2n) is 26.9. The van der Waals surface area contributed by atoms with E-state index in [1.807, 2.05) is 0 Å². The van der Waals surface area contributed by atoms with Crippen LogP contribution in [0.5, 0.6) is 0 Å². The summed E-state index contributed by atoms with van der Waals surface area (Å²) in [6, 6.07) is 0. The van der Waals surface area contributed by atoms with E-state index >= 15 is 0 Å². The predicted octanol–water partition coefficient (Wildman–Crippen LogP) is 20.8. The monoisotopic (exact) mass is 1340 g/mol. The maximum atomic E-state index is 13.0. The number of phosphoric acid groups is 2. The zero-order chi connectivity index (χ0) is 67.2. The standard InChI is InChI=1S/C72H140O17P2/c1-7-9-11-13-15-17-18-26-32-38-44-50-56-71(76)88-67(60-82-69(74)54-48-42-36-16-14-12-10-8-2)62-86-90(78,79)84-58-66(73)59-85-91(80,81)87-63-68(61-83-70(75)55-49-43-37-31-27-23-22-25-30-35-41-47-53-65(5)6)89-72(77)57-51-45-39-33-28-21-19-20-24-29-34-40-46-52-64(3)4/h64-68,73H,7-63H2,1-6H3,(H,78,79)(H,80,81)/t66-,67+,68+/m0/s1. The van der Waals surface area contributed by atoms with Gasteiger partial charge < -0.3 is 33.8 Å². The lowest BCUT2D eigenvalue weighted by Gasteiger charge is -2.21. The van der Waals surface area contributed by atoms with E-state index in [1.54, 1.807) is 0 Å². The second kappa shape index (κ2) is 64.1. The molecule has 17 nitrogen and oxygen atoms in total. The van der Waals surface area contributed by atoms with Crippen LogP contribution in [0.3, 0.4) is 0 Å². The van der Waals surface area contributed by atoms with Crippen LogP contribution in [0.25, 0.3) is 0 Å². The summed E-state index contributed by atoms with van der Waals surface area (Å²) >= 11 is 0. The van der Waals surface area contributed by atoms with E-state index in [1.165, 1.54) is 180 Å². The van der Waals surface area contributed by atoms with Gasteiger partial charge in [0.1, 0.15) is 19.3 Å². The van der Waals surface area contributed by atoms with Gasteiger partial charge in [0, 0.05) is 25.7 Å². The van der Waals surface area contributed by atoms with Gasteiger partial charge in [-0.05, 0) is 37.5 Å². The van der Waals surface area contributed by atoms with Crippen LogP contribution in [0.15, 0.2) is 0 Å². The molecule has 0 aliphatic carbocycles. The van der Waals surface area contributed by atoms with E-state index in [2.05, 4.69) is 41.5 Å². The first-order chi connectivity index (χ1) is 43.9. The number of aliphatic hydroxyl groups excluding tert-OH is 1. The average molecular weight is 1340 g/mol. The first-order valence-corrected chi connectivity index (χ1v) is 40.5. The molecular weight excluding hydrogens is 1200 g/mol. The molecule has 0 aliphatic heterocycles. The number of esters is 4. The fourth-order valence-corrected chi connectivity index (χ4v) is 12.5. The fourth-order valence-electron chi connectivity index (χ4n) is 10.9. The zero-order valence-corrected chi connectivity index (χ0v) is 60.9. The van der Waals surface area contributed by atoms with E-state index in [4.69, 9.17) is 37.0 Å². The van der Waals surface area contributed by atoms with Crippen LogP contribution in [-0.4, -0.2) is 96.7 Å². The number of unbranched alkanes of at least 4 members (excludes halogenated alkanes) is 41. The predicted molar refractivity (Wildman–Crippen MR) is 368 cm³/mol. The topological polar surface area (TPSA) is 237 Å². The van der Waals surface area contributed by atoms with E-state index in [0.29, 0.717) is 25.7 Å². The summed E-state index contributed by atoms with van der Waals surface area (Å²) in [7, 11) is -9.90. The molecule has 2 unspecified atom stereocenters. The van der Waals surface area contributed by atoms with E-state index in [9.17, 15) is 43.2 Å². The fraction of sp³-hybridized carbons (Fsp3) is 0.944. The van der Waals surface area contributed by atoms with Crippen LogP contribution in [0.4, 0.5) is 0 Å². The highest BCUT2D eigenvalue weighted by Crippen LogP contribution is 2.45. The summed E-state index contributed by atoms with van der Waals surface area (Å²) in [5, 5.41) is 10.6. The number of carbonyl (C=O) groups excluding carboxylic acids is 4. The van der Waals surface area contributed by atoms with Crippen molar-refractivity contribution in [3.05, 3.63) is 0 Å². The third-order valence-corrected chi connectivity index (χ3v) is 18.6. The van der Waals surface area contributed by atoms with Gasteiger partial charge in [-0.1, -0.05) is 318 Å². The van der Waals surface area contributed by atoms with E-state index in [-0.39, 0.29) is 25.7 Å². The van der Waals surface area contributed by atoms with Crippen molar-refractivity contribution < 1.29 is 80.2 Å². The minimum atomic E-state index is -4.95. The Labute approximate surface area is 556 Å². The molecule has 0 amide bonds. The van der Waals surface area contributed by atoms with Crippen LogP contribution in [0.1, 0.15) is 369 Å². The van der Waals surface area contributed by atoms with Crippen LogP contribution < -0.4 is 0 Å². The molecular formula is C72H140O17P2. The summed E-state index contributed by atoms with van der Waals surface area (Å²) in [4.78, 5) is 72.6. The molecule has 19 heteroatoms. The van der Waals surface area contributed by atoms with Crippen molar-refractivity contribution in [2.24, 2.45) is 11.8 Å². The van der Waals surface area contributed by atoms with Gasteiger partial charge in [0.2, 0.25) is 0 Å². The Morgan fingerprint density at radius 1 is 0.297 bits per heavy atom. The highest BCUT2D eigenvalue weighted by molar-refractivity contribution is 7.47. The lowest BCUT2D eigenvalue weighted by Crippen LogP contribution is -2.30. The van der Waals surface area contributed by atoms with Gasteiger partial charge in [-0.15, -0.1) is 0 Å². The number of phosphoric ester groups is 2. The third-order valence-electron chi connectivity index (χ3n) is 16.7. The molecule has 91 heavy (non-hydrogen) atoms. The largest absolute Gasteiger partial charge is 0.472 e. The van der Waals surface area contributed by atoms with Crippen molar-refractivity contribution in [1.82, 2.24) is 0 Å². The number of ether oxygens (including phenoxy) is 4. The summed E-state index contributed by atoms with van der Waals surface area (Å²) in [6.45, 7) is 9.57. The van der Waals surface area contributed by atoms with Crippen LogP contribution in [0.2, 0.25) is 0 Å².